The van der Waals surface area contributed by atoms with Gasteiger partial charge in [0.25, 0.3) is 0 Å². The second kappa shape index (κ2) is 5.55. The zero-order valence-electron chi connectivity index (χ0n) is 10.1. The predicted molar refractivity (Wildman–Crippen MR) is 69.6 cm³/mol. The van der Waals surface area contributed by atoms with E-state index in [1.165, 1.54) is 12.1 Å². The summed E-state index contributed by atoms with van der Waals surface area (Å²) in [5.41, 5.74) is 6.97. The van der Waals surface area contributed by atoms with Crippen molar-refractivity contribution in [2.45, 2.75) is 13.0 Å². The number of nitrogens with one attached hydrogen (secondary N) is 1. The van der Waals surface area contributed by atoms with E-state index >= 15 is 0 Å². The molecule has 0 aliphatic heterocycles. The molecule has 1 atom stereocenters. The molecule has 1 unspecified atom stereocenters. The summed E-state index contributed by atoms with van der Waals surface area (Å²) in [7, 11) is 0. The van der Waals surface area contributed by atoms with E-state index in [1.54, 1.807) is 24.3 Å². The molecule has 0 spiro atoms. The summed E-state index contributed by atoms with van der Waals surface area (Å²) in [6.45, 7) is 2.54. The Morgan fingerprint density at radius 2 is 2.11 bits per heavy atom. The summed E-state index contributed by atoms with van der Waals surface area (Å²) in [4.78, 5) is 0. The zero-order valence-corrected chi connectivity index (χ0v) is 10.1. The normalized spacial score (nSPS) is 12.2. The van der Waals surface area contributed by atoms with Crippen LogP contribution >= 0.6 is 0 Å². The van der Waals surface area contributed by atoms with Crippen LogP contribution in [0.15, 0.2) is 36.4 Å². The average Bonchev–Trinajstić information content (AvgIpc) is 2.37. The molecule has 2 aromatic rings. The number of hydrogen-bond acceptors (Lipinski definition) is 4. The molecule has 1 heterocycles. The van der Waals surface area contributed by atoms with Gasteiger partial charge in [-0.25, -0.2) is 4.39 Å². The highest BCUT2D eigenvalue weighted by atomic mass is 19.1. The number of hydrogen-bond donors (Lipinski definition) is 2. The van der Waals surface area contributed by atoms with Crippen molar-refractivity contribution in [3.63, 3.8) is 0 Å². The summed E-state index contributed by atoms with van der Waals surface area (Å²) in [6, 6.07) is 9.92. The van der Waals surface area contributed by atoms with Crippen LogP contribution in [-0.4, -0.2) is 22.8 Å². The molecule has 1 aromatic heterocycles. The topological polar surface area (TPSA) is 63.8 Å². The van der Waals surface area contributed by atoms with Gasteiger partial charge in [0.1, 0.15) is 11.6 Å². The van der Waals surface area contributed by atoms with Crippen LogP contribution in [0, 0.1) is 5.82 Å². The molecule has 18 heavy (non-hydrogen) atoms. The number of rotatable bonds is 4. The zero-order chi connectivity index (χ0) is 13.0. The fourth-order valence-corrected chi connectivity index (χ4v) is 1.49. The number of aromatic nitrogens is 2. The number of nitrogens with zero attached hydrogens (tertiary/aromatic N) is 2. The highest BCUT2D eigenvalue weighted by Crippen LogP contribution is 2.17. The van der Waals surface area contributed by atoms with E-state index in [0.29, 0.717) is 23.6 Å². The molecule has 0 saturated carbocycles. The Balaban J connectivity index is 2.12. The molecule has 4 nitrogen and oxygen atoms in total. The Labute approximate surface area is 105 Å². The maximum Gasteiger partial charge on any atom is 0.148 e. The lowest BCUT2D eigenvalue weighted by atomic mass is 10.1. The monoisotopic (exact) mass is 246 g/mol. The van der Waals surface area contributed by atoms with Crippen LogP contribution in [0.3, 0.4) is 0 Å². The molecule has 0 fully saturated rings. The third kappa shape index (κ3) is 3.24. The van der Waals surface area contributed by atoms with Gasteiger partial charge in [-0.15, -0.1) is 10.2 Å². The van der Waals surface area contributed by atoms with Gasteiger partial charge >= 0.3 is 0 Å². The first-order valence-electron chi connectivity index (χ1n) is 5.74. The molecule has 0 aliphatic carbocycles. The summed E-state index contributed by atoms with van der Waals surface area (Å²) in [5, 5.41) is 11.1. The highest BCUT2D eigenvalue weighted by Gasteiger charge is 2.02. The van der Waals surface area contributed by atoms with Crippen molar-refractivity contribution in [3.8, 4) is 11.3 Å². The molecule has 0 saturated heterocycles. The fraction of sp³-hybridized carbons (Fsp3) is 0.231. The summed E-state index contributed by atoms with van der Waals surface area (Å²) < 4.78 is 13.1. The van der Waals surface area contributed by atoms with E-state index in [0.717, 1.165) is 0 Å². The Kier molecular flexibility index (Phi) is 3.84. The Morgan fingerprint density at radius 1 is 1.28 bits per heavy atom. The number of benzene rings is 1. The van der Waals surface area contributed by atoms with Gasteiger partial charge in [0.2, 0.25) is 0 Å². The lowest BCUT2D eigenvalue weighted by Gasteiger charge is -2.07. The SMILES string of the molecule is CC(N)CNc1ccc(-c2cccc(F)c2)nn1. The standard InChI is InChI=1S/C13H15FN4/c1-9(15)8-16-13-6-5-12(17-18-13)10-3-2-4-11(14)7-10/h2-7,9H,8,15H2,1H3,(H,16,18). The van der Waals surface area contributed by atoms with E-state index in [1.807, 2.05) is 6.92 Å². The first-order chi connectivity index (χ1) is 8.65. The Hall–Kier alpha value is -2.01. The van der Waals surface area contributed by atoms with Gasteiger partial charge in [-0.1, -0.05) is 12.1 Å². The van der Waals surface area contributed by atoms with Crippen LogP contribution in [0.1, 0.15) is 6.92 Å². The molecule has 94 valence electrons. The maximum atomic E-state index is 13.1. The van der Waals surface area contributed by atoms with E-state index < -0.39 is 0 Å². The molecule has 0 amide bonds. The fourth-order valence-electron chi connectivity index (χ4n) is 1.49. The van der Waals surface area contributed by atoms with Crippen molar-refractivity contribution >= 4 is 5.82 Å². The van der Waals surface area contributed by atoms with Crippen molar-refractivity contribution in [1.82, 2.24) is 10.2 Å². The largest absolute Gasteiger partial charge is 0.367 e. The van der Waals surface area contributed by atoms with Gasteiger partial charge in [0.15, 0.2) is 0 Å². The molecular weight excluding hydrogens is 231 g/mol. The van der Waals surface area contributed by atoms with Crippen molar-refractivity contribution in [2.24, 2.45) is 5.73 Å². The molecule has 5 heteroatoms. The van der Waals surface area contributed by atoms with E-state index in [4.69, 9.17) is 5.73 Å². The molecule has 1 aromatic carbocycles. The summed E-state index contributed by atoms with van der Waals surface area (Å²) >= 11 is 0. The second-order valence-corrected chi connectivity index (χ2v) is 4.17. The van der Waals surface area contributed by atoms with Gasteiger partial charge in [0, 0.05) is 18.2 Å². The van der Waals surface area contributed by atoms with E-state index in [2.05, 4.69) is 15.5 Å². The number of anilines is 1. The summed E-state index contributed by atoms with van der Waals surface area (Å²) in [5.74, 6) is 0.376. The molecule has 0 radical (unpaired) electrons. The first-order valence-corrected chi connectivity index (χ1v) is 5.74. The maximum absolute atomic E-state index is 13.1. The summed E-state index contributed by atoms with van der Waals surface area (Å²) in [6.07, 6.45) is 0. The van der Waals surface area contributed by atoms with Crippen LogP contribution in [0.4, 0.5) is 10.2 Å². The Morgan fingerprint density at radius 3 is 2.72 bits per heavy atom. The van der Waals surface area contributed by atoms with Crippen LogP contribution in [0.5, 0.6) is 0 Å². The van der Waals surface area contributed by atoms with Crippen molar-refractivity contribution in [1.29, 1.82) is 0 Å². The molecule has 2 rings (SSSR count). The Bertz CT molecular complexity index is 511. The minimum Gasteiger partial charge on any atom is -0.367 e. The van der Waals surface area contributed by atoms with Crippen LogP contribution in [0.25, 0.3) is 11.3 Å². The first kappa shape index (κ1) is 12.4. The quantitative estimate of drug-likeness (QED) is 0.866. The van der Waals surface area contributed by atoms with Gasteiger partial charge in [-0.3, -0.25) is 0 Å². The number of nitrogens with two attached hydrogens (primary N) is 1. The van der Waals surface area contributed by atoms with Crippen molar-refractivity contribution in [2.75, 3.05) is 11.9 Å². The van der Waals surface area contributed by atoms with Gasteiger partial charge < -0.3 is 11.1 Å². The van der Waals surface area contributed by atoms with Crippen LogP contribution < -0.4 is 11.1 Å². The minimum atomic E-state index is -0.284. The smallest absolute Gasteiger partial charge is 0.148 e. The molecule has 3 N–H and O–H groups in total. The highest BCUT2D eigenvalue weighted by molar-refractivity contribution is 5.59. The molecule has 0 aliphatic rings. The van der Waals surface area contributed by atoms with Gasteiger partial charge in [-0.05, 0) is 31.2 Å². The van der Waals surface area contributed by atoms with Crippen molar-refractivity contribution in [3.05, 3.63) is 42.2 Å². The van der Waals surface area contributed by atoms with E-state index in [-0.39, 0.29) is 11.9 Å². The third-order valence-corrected chi connectivity index (χ3v) is 2.39. The van der Waals surface area contributed by atoms with Crippen LogP contribution in [-0.2, 0) is 0 Å². The van der Waals surface area contributed by atoms with E-state index in [9.17, 15) is 4.39 Å². The predicted octanol–water partition coefficient (Wildman–Crippen LogP) is 2.04. The molecule has 0 bridgehead atoms. The lowest BCUT2D eigenvalue weighted by molar-refractivity contribution is 0.628. The second-order valence-electron chi connectivity index (χ2n) is 4.17. The lowest BCUT2D eigenvalue weighted by Crippen LogP contribution is -2.25. The minimum absolute atomic E-state index is 0.0506. The number of halogens is 1. The third-order valence-electron chi connectivity index (χ3n) is 2.39. The van der Waals surface area contributed by atoms with Crippen LogP contribution in [0.2, 0.25) is 0 Å². The van der Waals surface area contributed by atoms with Gasteiger partial charge in [0.05, 0.1) is 5.69 Å². The molecular formula is C13H15FN4. The van der Waals surface area contributed by atoms with Crippen molar-refractivity contribution < 1.29 is 4.39 Å². The average molecular weight is 246 g/mol. The van der Waals surface area contributed by atoms with Gasteiger partial charge in [-0.2, -0.15) is 0 Å².